The van der Waals surface area contributed by atoms with Crippen molar-refractivity contribution in [1.29, 1.82) is 0 Å². The van der Waals surface area contributed by atoms with Crippen LogP contribution in [0.3, 0.4) is 0 Å². The second-order valence-electron chi connectivity index (χ2n) is 4.22. The lowest BCUT2D eigenvalue weighted by Gasteiger charge is -2.24. The second-order valence-corrected chi connectivity index (χ2v) is 5.14. The van der Waals surface area contributed by atoms with E-state index < -0.39 is 0 Å². The van der Waals surface area contributed by atoms with Crippen LogP contribution in [0.15, 0.2) is 11.4 Å². The number of hydrogen-bond donors (Lipinski definition) is 1. The third-order valence-corrected chi connectivity index (χ3v) is 3.77. The van der Waals surface area contributed by atoms with Gasteiger partial charge in [0, 0.05) is 18.7 Å². The van der Waals surface area contributed by atoms with Gasteiger partial charge in [-0.25, -0.2) is 0 Å². The Morgan fingerprint density at radius 2 is 2.33 bits per heavy atom. The topological polar surface area (TPSA) is 46.3 Å². The number of carbonyl (C=O) groups excluding carboxylic acids is 1. The average Bonchev–Trinajstić information content (AvgIpc) is 2.83. The van der Waals surface area contributed by atoms with Crippen molar-refractivity contribution in [2.75, 3.05) is 13.6 Å². The summed E-state index contributed by atoms with van der Waals surface area (Å²) in [6.07, 6.45) is 2.08. The van der Waals surface area contributed by atoms with Crippen LogP contribution in [0, 0.1) is 11.8 Å². The number of rotatable bonds is 4. The van der Waals surface area contributed by atoms with Crippen LogP contribution < -0.4 is 5.73 Å². The third kappa shape index (κ3) is 3.59. The van der Waals surface area contributed by atoms with Gasteiger partial charge in [0.2, 0.25) is 0 Å². The minimum absolute atomic E-state index is 0.0484. The summed E-state index contributed by atoms with van der Waals surface area (Å²) in [5.74, 6) is 5.79. The number of thiophene rings is 1. The van der Waals surface area contributed by atoms with Crippen molar-refractivity contribution >= 4 is 17.2 Å². The predicted octanol–water partition coefficient (Wildman–Crippen LogP) is 2.32. The van der Waals surface area contributed by atoms with Gasteiger partial charge in [0.1, 0.15) is 4.88 Å². The summed E-state index contributed by atoms with van der Waals surface area (Å²) >= 11 is 1.44. The molecule has 0 aliphatic heterocycles. The summed E-state index contributed by atoms with van der Waals surface area (Å²) in [6.45, 7) is 4.50. The lowest BCUT2D eigenvalue weighted by molar-refractivity contribution is 0.0741. The van der Waals surface area contributed by atoms with E-state index in [4.69, 9.17) is 5.73 Å². The molecule has 1 heterocycles. The Labute approximate surface area is 113 Å². The number of carbonyl (C=O) groups is 1. The Kier molecular flexibility index (Phi) is 5.90. The van der Waals surface area contributed by atoms with Crippen molar-refractivity contribution < 1.29 is 4.79 Å². The van der Waals surface area contributed by atoms with Crippen LogP contribution in [0.4, 0.5) is 0 Å². The van der Waals surface area contributed by atoms with E-state index in [-0.39, 0.29) is 11.9 Å². The molecule has 18 heavy (non-hydrogen) atoms. The van der Waals surface area contributed by atoms with Gasteiger partial charge in [0.15, 0.2) is 0 Å². The Balaban J connectivity index is 2.87. The minimum atomic E-state index is 0.0484. The molecule has 0 spiro atoms. The highest BCUT2D eigenvalue weighted by atomic mass is 32.1. The SMILES string of the molecule is CCCC(C)N(C)C(=O)c1sccc1C#CCN. The number of amides is 1. The van der Waals surface area contributed by atoms with Gasteiger partial charge in [-0.1, -0.05) is 25.2 Å². The summed E-state index contributed by atoms with van der Waals surface area (Å²) in [5, 5.41) is 1.89. The van der Waals surface area contributed by atoms with E-state index in [0.717, 1.165) is 18.4 Å². The van der Waals surface area contributed by atoms with Gasteiger partial charge in [0.05, 0.1) is 6.54 Å². The molecular formula is C14H20N2OS. The van der Waals surface area contributed by atoms with Crippen molar-refractivity contribution in [3.05, 3.63) is 21.9 Å². The maximum atomic E-state index is 12.3. The molecule has 4 heteroatoms. The number of nitrogens with zero attached hydrogens (tertiary/aromatic N) is 1. The molecule has 0 saturated heterocycles. The highest BCUT2D eigenvalue weighted by Gasteiger charge is 2.20. The highest BCUT2D eigenvalue weighted by Crippen LogP contribution is 2.19. The first-order valence-electron chi connectivity index (χ1n) is 6.15. The maximum absolute atomic E-state index is 12.3. The molecule has 1 aromatic rings. The van der Waals surface area contributed by atoms with Gasteiger partial charge < -0.3 is 10.6 Å². The molecule has 0 aromatic carbocycles. The summed E-state index contributed by atoms with van der Waals surface area (Å²) in [7, 11) is 1.85. The molecule has 0 saturated carbocycles. The van der Waals surface area contributed by atoms with Gasteiger partial charge in [-0.3, -0.25) is 4.79 Å². The van der Waals surface area contributed by atoms with Gasteiger partial charge >= 0.3 is 0 Å². The lowest BCUT2D eigenvalue weighted by atomic mass is 10.1. The van der Waals surface area contributed by atoms with E-state index in [2.05, 4.69) is 25.7 Å². The Morgan fingerprint density at radius 3 is 2.94 bits per heavy atom. The van der Waals surface area contributed by atoms with E-state index in [1.165, 1.54) is 11.3 Å². The van der Waals surface area contributed by atoms with Gasteiger partial charge in [-0.15, -0.1) is 11.3 Å². The van der Waals surface area contributed by atoms with Crippen LogP contribution in [0.1, 0.15) is 41.9 Å². The van der Waals surface area contributed by atoms with Crippen LogP contribution in [0.5, 0.6) is 0 Å². The largest absolute Gasteiger partial charge is 0.338 e. The average molecular weight is 264 g/mol. The minimum Gasteiger partial charge on any atom is -0.338 e. The van der Waals surface area contributed by atoms with E-state index in [9.17, 15) is 4.79 Å². The number of hydrogen-bond acceptors (Lipinski definition) is 3. The summed E-state index contributed by atoms with van der Waals surface area (Å²) < 4.78 is 0. The molecule has 1 amide bonds. The molecule has 0 aliphatic rings. The predicted molar refractivity (Wildman–Crippen MR) is 76.7 cm³/mol. The molecule has 0 bridgehead atoms. The lowest BCUT2D eigenvalue weighted by Crippen LogP contribution is -2.34. The normalized spacial score (nSPS) is 11.6. The molecule has 3 nitrogen and oxygen atoms in total. The first kappa shape index (κ1) is 14.7. The molecule has 0 fully saturated rings. The molecule has 2 N–H and O–H groups in total. The van der Waals surface area contributed by atoms with E-state index in [1.807, 2.05) is 18.5 Å². The molecular weight excluding hydrogens is 244 g/mol. The Hall–Kier alpha value is -1.31. The first-order valence-corrected chi connectivity index (χ1v) is 7.03. The molecule has 1 aromatic heterocycles. The molecule has 1 unspecified atom stereocenters. The standard InChI is InChI=1S/C14H20N2OS/c1-4-6-11(2)16(3)14(17)13-12(7-5-9-15)8-10-18-13/h8,10-11H,4,6,9,15H2,1-3H3. The van der Waals surface area contributed by atoms with Crippen molar-refractivity contribution in [3.63, 3.8) is 0 Å². The zero-order valence-electron chi connectivity index (χ0n) is 11.2. The zero-order valence-corrected chi connectivity index (χ0v) is 12.0. The maximum Gasteiger partial charge on any atom is 0.265 e. The summed E-state index contributed by atoms with van der Waals surface area (Å²) in [4.78, 5) is 14.8. The molecule has 0 radical (unpaired) electrons. The molecule has 98 valence electrons. The second kappa shape index (κ2) is 7.20. The fourth-order valence-corrected chi connectivity index (χ4v) is 2.52. The first-order chi connectivity index (χ1) is 8.61. The zero-order chi connectivity index (χ0) is 13.5. The Bertz CT molecular complexity index is 456. The Morgan fingerprint density at radius 1 is 1.61 bits per heavy atom. The van der Waals surface area contributed by atoms with Crippen LogP contribution in [-0.4, -0.2) is 30.4 Å². The van der Waals surface area contributed by atoms with E-state index in [0.29, 0.717) is 11.4 Å². The van der Waals surface area contributed by atoms with Gasteiger partial charge in [-0.2, -0.15) is 0 Å². The monoisotopic (exact) mass is 264 g/mol. The molecule has 0 aliphatic carbocycles. The van der Waals surface area contributed by atoms with Crippen molar-refractivity contribution in [2.45, 2.75) is 32.7 Å². The van der Waals surface area contributed by atoms with E-state index >= 15 is 0 Å². The summed E-state index contributed by atoms with van der Waals surface area (Å²) in [6, 6.07) is 2.12. The molecule has 1 atom stereocenters. The highest BCUT2D eigenvalue weighted by molar-refractivity contribution is 7.12. The smallest absolute Gasteiger partial charge is 0.265 e. The van der Waals surface area contributed by atoms with Gasteiger partial charge in [-0.05, 0) is 24.8 Å². The van der Waals surface area contributed by atoms with Crippen LogP contribution in [0.25, 0.3) is 0 Å². The summed E-state index contributed by atoms with van der Waals surface area (Å²) in [5.41, 5.74) is 6.14. The molecule has 1 rings (SSSR count). The third-order valence-electron chi connectivity index (χ3n) is 2.87. The van der Waals surface area contributed by atoms with Crippen molar-refractivity contribution in [1.82, 2.24) is 4.90 Å². The van der Waals surface area contributed by atoms with Crippen molar-refractivity contribution in [3.8, 4) is 11.8 Å². The van der Waals surface area contributed by atoms with Crippen molar-refractivity contribution in [2.24, 2.45) is 5.73 Å². The quantitative estimate of drug-likeness (QED) is 0.848. The van der Waals surface area contributed by atoms with Crippen LogP contribution >= 0.6 is 11.3 Å². The fourth-order valence-electron chi connectivity index (χ4n) is 1.69. The number of nitrogens with two attached hydrogens (primary N) is 1. The van der Waals surface area contributed by atoms with Crippen LogP contribution in [-0.2, 0) is 0 Å². The fraction of sp³-hybridized carbons (Fsp3) is 0.500. The van der Waals surface area contributed by atoms with Gasteiger partial charge in [0.25, 0.3) is 5.91 Å². The van der Waals surface area contributed by atoms with Crippen LogP contribution in [0.2, 0.25) is 0 Å². The van der Waals surface area contributed by atoms with E-state index in [1.54, 1.807) is 4.90 Å².